The molecule has 2 aromatic rings. The summed E-state index contributed by atoms with van der Waals surface area (Å²) in [6.45, 7) is 0. The summed E-state index contributed by atoms with van der Waals surface area (Å²) in [6, 6.07) is 7.42. The predicted octanol–water partition coefficient (Wildman–Crippen LogP) is 1.16. The molecular weight excluding hydrogens is 358 g/mol. The molecule has 21 heavy (non-hydrogen) atoms. The number of thioether (sulfide) groups is 1. The molecule has 8 nitrogen and oxygen atoms in total. The van der Waals surface area contributed by atoms with Gasteiger partial charge in [0.25, 0.3) is 5.95 Å². The number of amides is 1. The highest BCUT2D eigenvalue weighted by molar-refractivity contribution is 9.10. The van der Waals surface area contributed by atoms with E-state index in [0.717, 1.165) is 10.2 Å². The summed E-state index contributed by atoms with van der Waals surface area (Å²) >= 11 is 4.70. The second-order valence-electron chi connectivity index (χ2n) is 3.95. The van der Waals surface area contributed by atoms with E-state index >= 15 is 0 Å². The van der Waals surface area contributed by atoms with E-state index in [1.165, 1.54) is 16.4 Å². The second-order valence-corrected chi connectivity index (χ2v) is 5.86. The number of nitrogens with one attached hydrogen (secondary N) is 2. The molecule has 2 rings (SSSR count). The number of carbonyl (C=O) groups excluding carboxylic acids is 1. The number of halogens is 1. The fraction of sp³-hybridized carbons (Fsp3) is 0.182. The molecular formula is C11H14BrN7OS. The van der Waals surface area contributed by atoms with Crippen LogP contribution in [-0.4, -0.2) is 26.5 Å². The largest absolute Gasteiger partial charge is 0.334 e. The van der Waals surface area contributed by atoms with Gasteiger partial charge in [0, 0.05) is 16.6 Å². The second kappa shape index (κ2) is 7.29. The number of rotatable bonds is 6. The van der Waals surface area contributed by atoms with Crippen LogP contribution in [0.2, 0.25) is 0 Å². The minimum absolute atomic E-state index is 0.0883. The van der Waals surface area contributed by atoms with Crippen LogP contribution in [0.1, 0.15) is 6.42 Å². The van der Waals surface area contributed by atoms with Gasteiger partial charge in [0.05, 0.1) is 5.69 Å². The Morgan fingerprint density at radius 2 is 2.14 bits per heavy atom. The van der Waals surface area contributed by atoms with Gasteiger partial charge in [-0.2, -0.15) is 0 Å². The highest BCUT2D eigenvalue weighted by Crippen LogP contribution is 2.22. The summed E-state index contributed by atoms with van der Waals surface area (Å²) in [7, 11) is 0. The van der Waals surface area contributed by atoms with Crippen LogP contribution >= 0.6 is 27.7 Å². The van der Waals surface area contributed by atoms with Gasteiger partial charge in [0.1, 0.15) is 0 Å². The minimum Gasteiger partial charge on any atom is -0.334 e. The van der Waals surface area contributed by atoms with Crippen LogP contribution in [-0.2, 0) is 4.79 Å². The van der Waals surface area contributed by atoms with Gasteiger partial charge >= 0.3 is 0 Å². The summed E-state index contributed by atoms with van der Waals surface area (Å²) < 4.78 is 2.07. The zero-order valence-electron chi connectivity index (χ0n) is 10.9. The van der Waals surface area contributed by atoms with Crippen molar-refractivity contribution in [3.8, 4) is 0 Å². The van der Waals surface area contributed by atoms with Gasteiger partial charge < -0.3 is 11.2 Å². The SMILES string of the molecule is NNc1nnc(SCCC(=O)Nc2ccccc2Br)n1N. The third kappa shape index (κ3) is 4.09. The molecule has 1 aromatic heterocycles. The quantitative estimate of drug-likeness (QED) is 0.341. The van der Waals surface area contributed by atoms with Crippen LogP contribution in [0.25, 0.3) is 0 Å². The monoisotopic (exact) mass is 371 g/mol. The van der Waals surface area contributed by atoms with Crippen LogP contribution in [0, 0.1) is 0 Å². The Balaban J connectivity index is 1.82. The summed E-state index contributed by atoms with van der Waals surface area (Å²) in [5.41, 5.74) is 3.06. The van der Waals surface area contributed by atoms with Crippen molar-refractivity contribution in [3.05, 3.63) is 28.7 Å². The Bertz CT molecular complexity index is 633. The smallest absolute Gasteiger partial charge is 0.258 e. The molecule has 0 bridgehead atoms. The molecule has 0 unspecified atom stereocenters. The van der Waals surface area contributed by atoms with Crippen molar-refractivity contribution in [1.82, 2.24) is 14.9 Å². The van der Waals surface area contributed by atoms with E-state index in [0.29, 0.717) is 17.3 Å². The first-order valence-corrected chi connectivity index (χ1v) is 7.74. The van der Waals surface area contributed by atoms with E-state index in [2.05, 4.69) is 36.9 Å². The number of nitrogen functional groups attached to an aromatic ring is 2. The number of nitrogens with zero attached hydrogens (tertiary/aromatic N) is 3. The highest BCUT2D eigenvalue weighted by atomic mass is 79.9. The summed E-state index contributed by atoms with van der Waals surface area (Å²) in [5.74, 6) is 11.6. The first-order valence-electron chi connectivity index (χ1n) is 5.96. The molecule has 0 fully saturated rings. The lowest BCUT2D eigenvalue weighted by Gasteiger charge is -2.06. The van der Waals surface area contributed by atoms with Gasteiger partial charge in [-0.3, -0.25) is 10.2 Å². The third-order valence-electron chi connectivity index (χ3n) is 2.50. The van der Waals surface area contributed by atoms with Gasteiger partial charge in [-0.25, -0.2) is 10.5 Å². The third-order valence-corrected chi connectivity index (χ3v) is 4.14. The Hall–Kier alpha value is -1.78. The van der Waals surface area contributed by atoms with Crippen molar-refractivity contribution >= 4 is 45.2 Å². The average molecular weight is 372 g/mol. The van der Waals surface area contributed by atoms with Crippen LogP contribution < -0.4 is 22.4 Å². The lowest BCUT2D eigenvalue weighted by molar-refractivity contribution is -0.115. The average Bonchev–Trinajstić information content (AvgIpc) is 2.82. The molecule has 0 aliphatic carbocycles. The molecule has 0 saturated carbocycles. The summed E-state index contributed by atoms with van der Waals surface area (Å²) in [6.07, 6.45) is 0.324. The number of aromatic nitrogens is 3. The Morgan fingerprint density at radius 1 is 1.38 bits per heavy atom. The van der Waals surface area contributed by atoms with Crippen LogP contribution in [0.3, 0.4) is 0 Å². The van der Waals surface area contributed by atoms with Gasteiger partial charge in [-0.15, -0.1) is 10.2 Å². The fourth-order valence-electron chi connectivity index (χ4n) is 1.48. The topological polar surface area (TPSA) is 124 Å². The van der Waals surface area contributed by atoms with Crippen LogP contribution in [0.15, 0.2) is 33.9 Å². The number of benzene rings is 1. The maximum atomic E-state index is 11.8. The molecule has 0 radical (unpaired) electrons. The molecule has 1 heterocycles. The number of hydrogen-bond acceptors (Lipinski definition) is 7. The predicted molar refractivity (Wildman–Crippen MR) is 86.1 cm³/mol. The Kier molecular flexibility index (Phi) is 5.42. The van der Waals surface area contributed by atoms with Gasteiger partial charge in [0.2, 0.25) is 11.1 Å². The Labute approximate surface area is 133 Å². The highest BCUT2D eigenvalue weighted by Gasteiger charge is 2.10. The van der Waals surface area contributed by atoms with Crippen molar-refractivity contribution in [2.45, 2.75) is 11.6 Å². The lowest BCUT2D eigenvalue weighted by Crippen LogP contribution is -2.19. The first kappa shape index (κ1) is 15.6. The van der Waals surface area contributed by atoms with Crippen molar-refractivity contribution < 1.29 is 4.79 Å². The molecule has 6 N–H and O–H groups in total. The fourth-order valence-corrected chi connectivity index (χ4v) is 2.66. The number of hydrogen-bond donors (Lipinski definition) is 4. The zero-order valence-corrected chi connectivity index (χ0v) is 13.3. The van der Waals surface area contributed by atoms with Crippen molar-refractivity contribution in [2.24, 2.45) is 5.84 Å². The van der Waals surface area contributed by atoms with Gasteiger partial charge in [-0.1, -0.05) is 23.9 Å². The molecule has 1 aromatic carbocycles. The van der Waals surface area contributed by atoms with E-state index < -0.39 is 0 Å². The standard InChI is InChI=1S/C11H14BrN7OS/c12-7-3-1-2-4-8(7)15-9(20)5-6-21-11-18-17-10(16-13)19(11)14/h1-4H,5-6,13-14H2,(H,15,20)(H,16,17). The zero-order chi connectivity index (χ0) is 15.2. The number of nitrogens with two attached hydrogens (primary N) is 2. The molecule has 0 aliphatic rings. The number of para-hydroxylation sites is 1. The Morgan fingerprint density at radius 3 is 2.81 bits per heavy atom. The van der Waals surface area contributed by atoms with Crippen molar-refractivity contribution in [3.63, 3.8) is 0 Å². The van der Waals surface area contributed by atoms with E-state index in [9.17, 15) is 4.79 Å². The molecule has 0 atom stereocenters. The molecule has 10 heteroatoms. The molecule has 0 aliphatic heterocycles. The van der Waals surface area contributed by atoms with Crippen molar-refractivity contribution in [1.29, 1.82) is 0 Å². The van der Waals surface area contributed by atoms with E-state index in [-0.39, 0.29) is 11.9 Å². The lowest BCUT2D eigenvalue weighted by atomic mass is 10.3. The normalized spacial score (nSPS) is 10.4. The first-order chi connectivity index (χ1) is 10.1. The van der Waals surface area contributed by atoms with E-state index in [1.807, 2.05) is 24.3 Å². The summed E-state index contributed by atoms with van der Waals surface area (Å²) in [5, 5.41) is 10.9. The molecule has 0 saturated heterocycles. The number of anilines is 2. The molecule has 112 valence electrons. The summed E-state index contributed by atoms with van der Waals surface area (Å²) in [4.78, 5) is 11.8. The van der Waals surface area contributed by atoms with Crippen molar-refractivity contribution in [2.75, 3.05) is 22.3 Å². The van der Waals surface area contributed by atoms with E-state index in [1.54, 1.807) is 0 Å². The number of carbonyl (C=O) groups is 1. The van der Waals surface area contributed by atoms with Gasteiger partial charge in [0.15, 0.2) is 0 Å². The van der Waals surface area contributed by atoms with Gasteiger partial charge in [-0.05, 0) is 28.1 Å². The number of hydrazine groups is 1. The van der Waals surface area contributed by atoms with Crippen LogP contribution in [0.5, 0.6) is 0 Å². The minimum atomic E-state index is -0.0883. The van der Waals surface area contributed by atoms with Crippen LogP contribution in [0.4, 0.5) is 11.6 Å². The molecule has 1 amide bonds. The van der Waals surface area contributed by atoms with E-state index in [4.69, 9.17) is 11.7 Å². The maximum Gasteiger partial charge on any atom is 0.258 e. The maximum absolute atomic E-state index is 11.8. The molecule has 0 spiro atoms.